The largest absolute Gasteiger partial charge is 0.508 e. The summed E-state index contributed by atoms with van der Waals surface area (Å²) in [5.74, 6) is 0.327. The van der Waals surface area contributed by atoms with Crippen molar-refractivity contribution in [2.24, 2.45) is 0 Å². The minimum absolute atomic E-state index is 0.0619. The van der Waals surface area contributed by atoms with Gasteiger partial charge in [-0.05, 0) is 43.2 Å². The number of carbonyl (C=O) groups excluding carboxylic acids is 1. The van der Waals surface area contributed by atoms with Crippen molar-refractivity contribution in [1.29, 1.82) is 0 Å². The van der Waals surface area contributed by atoms with Crippen LogP contribution in [0.3, 0.4) is 0 Å². The molecule has 2 aromatic carbocycles. The molecule has 1 amide bonds. The summed E-state index contributed by atoms with van der Waals surface area (Å²) in [6.07, 6.45) is 0.784. The number of hydrogen-bond acceptors (Lipinski definition) is 2. The highest BCUT2D eigenvalue weighted by atomic mass is 16.3. The van der Waals surface area contributed by atoms with Gasteiger partial charge in [0.15, 0.2) is 0 Å². The monoisotopic (exact) mass is 269 g/mol. The van der Waals surface area contributed by atoms with Crippen LogP contribution in [0, 0.1) is 0 Å². The zero-order chi connectivity index (χ0) is 14.4. The molecule has 0 bridgehead atoms. The highest BCUT2D eigenvalue weighted by Gasteiger charge is 2.13. The summed E-state index contributed by atoms with van der Waals surface area (Å²) >= 11 is 0. The van der Waals surface area contributed by atoms with E-state index in [-0.39, 0.29) is 11.7 Å². The molecule has 0 heterocycles. The first-order valence-electron chi connectivity index (χ1n) is 6.83. The molecule has 20 heavy (non-hydrogen) atoms. The van der Waals surface area contributed by atoms with Gasteiger partial charge in [0.1, 0.15) is 5.75 Å². The summed E-state index contributed by atoms with van der Waals surface area (Å²) in [6.45, 7) is 3.35. The summed E-state index contributed by atoms with van der Waals surface area (Å²) in [4.78, 5) is 14.2. The van der Waals surface area contributed by atoms with Crippen LogP contribution in [0.4, 0.5) is 0 Å². The molecule has 0 aromatic heterocycles. The Labute approximate surface area is 119 Å². The number of benzene rings is 2. The molecular weight excluding hydrogens is 250 g/mol. The molecular formula is C17H19NO2. The lowest BCUT2D eigenvalue weighted by atomic mass is 10.1. The molecule has 0 spiro atoms. The van der Waals surface area contributed by atoms with Crippen LogP contribution in [0.25, 0.3) is 0 Å². The van der Waals surface area contributed by atoms with Crippen molar-refractivity contribution in [2.45, 2.75) is 13.3 Å². The number of nitrogens with zero attached hydrogens (tertiary/aromatic N) is 1. The van der Waals surface area contributed by atoms with Gasteiger partial charge in [-0.25, -0.2) is 0 Å². The fourth-order valence-corrected chi connectivity index (χ4v) is 2.09. The normalized spacial score (nSPS) is 10.2. The molecule has 0 aliphatic rings. The molecule has 0 unspecified atom stereocenters. The number of phenols is 1. The highest BCUT2D eigenvalue weighted by Crippen LogP contribution is 2.11. The van der Waals surface area contributed by atoms with Crippen molar-refractivity contribution in [3.8, 4) is 5.75 Å². The molecule has 0 atom stereocenters. The van der Waals surface area contributed by atoms with Gasteiger partial charge in [0, 0.05) is 18.7 Å². The molecule has 0 fully saturated rings. The third-order valence-corrected chi connectivity index (χ3v) is 3.30. The predicted molar refractivity (Wildman–Crippen MR) is 79.8 cm³/mol. The van der Waals surface area contributed by atoms with E-state index in [1.807, 2.05) is 54.3 Å². The molecule has 3 nitrogen and oxygen atoms in total. The lowest BCUT2D eigenvalue weighted by Gasteiger charge is -2.21. The first kappa shape index (κ1) is 14.1. The van der Waals surface area contributed by atoms with Crippen molar-refractivity contribution >= 4 is 5.91 Å². The number of amides is 1. The Bertz CT molecular complexity index is 549. The quantitative estimate of drug-likeness (QED) is 0.906. The van der Waals surface area contributed by atoms with Gasteiger partial charge >= 0.3 is 0 Å². The molecule has 0 saturated heterocycles. The van der Waals surface area contributed by atoms with E-state index in [9.17, 15) is 9.90 Å². The molecule has 0 radical (unpaired) electrons. The van der Waals surface area contributed by atoms with Gasteiger partial charge in [-0.3, -0.25) is 4.79 Å². The average Bonchev–Trinajstić information content (AvgIpc) is 2.50. The third-order valence-electron chi connectivity index (χ3n) is 3.30. The number of carbonyl (C=O) groups is 1. The maximum Gasteiger partial charge on any atom is 0.253 e. The maximum absolute atomic E-state index is 12.3. The van der Waals surface area contributed by atoms with E-state index < -0.39 is 0 Å². The number of aromatic hydroxyl groups is 1. The zero-order valence-corrected chi connectivity index (χ0v) is 11.6. The molecule has 1 N–H and O–H groups in total. The van der Waals surface area contributed by atoms with Gasteiger partial charge in [0.2, 0.25) is 0 Å². The SMILES string of the molecule is CCN(CCc1ccc(O)cc1)C(=O)c1ccccc1. The zero-order valence-electron chi connectivity index (χ0n) is 11.6. The molecule has 104 valence electrons. The van der Waals surface area contributed by atoms with Gasteiger partial charge in [-0.1, -0.05) is 30.3 Å². The molecule has 0 aliphatic heterocycles. The molecule has 0 aliphatic carbocycles. The summed E-state index contributed by atoms with van der Waals surface area (Å²) in [7, 11) is 0. The van der Waals surface area contributed by atoms with E-state index in [0.717, 1.165) is 17.5 Å². The summed E-state index contributed by atoms with van der Waals surface area (Å²) in [5.41, 5.74) is 1.84. The van der Waals surface area contributed by atoms with Crippen molar-refractivity contribution in [1.82, 2.24) is 4.90 Å². The van der Waals surface area contributed by atoms with Gasteiger partial charge in [-0.2, -0.15) is 0 Å². The number of likely N-dealkylation sites (N-methyl/N-ethyl adjacent to an activating group) is 1. The Hall–Kier alpha value is -2.29. The van der Waals surface area contributed by atoms with Crippen molar-refractivity contribution in [3.63, 3.8) is 0 Å². The summed E-state index contributed by atoms with van der Waals surface area (Å²) in [5, 5.41) is 9.25. The van der Waals surface area contributed by atoms with Gasteiger partial charge in [-0.15, -0.1) is 0 Å². The Kier molecular flexibility index (Phi) is 4.77. The van der Waals surface area contributed by atoms with Crippen LogP contribution in [0.15, 0.2) is 54.6 Å². The Morgan fingerprint density at radius 2 is 1.70 bits per heavy atom. The third kappa shape index (κ3) is 3.60. The second-order valence-electron chi connectivity index (χ2n) is 4.67. The van der Waals surface area contributed by atoms with E-state index in [1.165, 1.54) is 0 Å². The summed E-state index contributed by atoms with van der Waals surface area (Å²) in [6, 6.07) is 16.4. The number of hydrogen-bond donors (Lipinski definition) is 1. The van der Waals surface area contributed by atoms with Crippen LogP contribution in [0.1, 0.15) is 22.8 Å². The molecule has 3 heteroatoms. The predicted octanol–water partition coefficient (Wildman–Crippen LogP) is 3.10. The Balaban J connectivity index is 1.99. The van der Waals surface area contributed by atoms with E-state index in [0.29, 0.717) is 13.1 Å². The van der Waals surface area contributed by atoms with Crippen molar-refractivity contribution in [3.05, 3.63) is 65.7 Å². The van der Waals surface area contributed by atoms with Crippen LogP contribution in [0.5, 0.6) is 5.75 Å². The van der Waals surface area contributed by atoms with Crippen LogP contribution in [-0.4, -0.2) is 29.0 Å². The average molecular weight is 269 g/mol. The van der Waals surface area contributed by atoms with Crippen LogP contribution in [-0.2, 0) is 6.42 Å². The van der Waals surface area contributed by atoms with Crippen LogP contribution < -0.4 is 0 Å². The maximum atomic E-state index is 12.3. The lowest BCUT2D eigenvalue weighted by Crippen LogP contribution is -2.32. The van der Waals surface area contributed by atoms with Gasteiger partial charge < -0.3 is 10.0 Å². The van der Waals surface area contributed by atoms with E-state index >= 15 is 0 Å². The Morgan fingerprint density at radius 1 is 1.05 bits per heavy atom. The topological polar surface area (TPSA) is 40.5 Å². The minimum Gasteiger partial charge on any atom is -0.508 e. The van der Waals surface area contributed by atoms with Crippen molar-refractivity contribution in [2.75, 3.05) is 13.1 Å². The van der Waals surface area contributed by atoms with Crippen molar-refractivity contribution < 1.29 is 9.90 Å². The second-order valence-corrected chi connectivity index (χ2v) is 4.67. The van der Waals surface area contributed by atoms with Crippen LogP contribution in [0.2, 0.25) is 0 Å². The smallest absolute Gasteiger partial charge is 0.253 e. The first-order valence-corrected chi connectivity index (χ1v) is 6.83. The second kappa shape index (κ2) is 6.75. The fourth-order valence-electron chi connectivity index (χ4n) is 2.09. The molecule has 0 saturated carbocycles. The summed E-state index contributed by atoms with van der Waals surface area (Å²) < 4.78 is 0. The van der Waals surface area contributed by atoms with E-state index in [2.05, 4.69) is 0 Å². The van der Waals surface area contributed by atoms with Gasteiger partial charge in [0.05, 0.1) is 0 Å². The number of rotatable bonds is 5. The van der Waals surface area contributed by atoms with Crippen LogP contribution >= 0.6 is 0 Å². The standard InChI is InChI=1S/C17H19NO2/c1-2-18(17(20)15-6-4-3-5-7-15)13-12-14-8-10-16(19)11-9-14/h3-11,19H,2,12-13H2,1H3. The molecule has 2 aromatic rings. The molecule has 2 rings (SSSR count). The number of phenolic OH excluding ortho intramolecular Hbond substituents is 1. The minimum atomic E-state index is 0.0619. The fraction of sp³-hybridized carbons (Fsp3) is 0.235. The van der Waals surface area contributed by atoms with E-state index in [4.69, 9.17) is 0 Å². The van der Waals surface area contributed by atoms with Gasteiger partial charge in [0.25, 0.3) is 5.91 Å². The highest BCUT2D eigenvalue weighted by molar-refractivity contribution is 5.94. The lowest BCUT2D eigenvalue weighted by molar-refractivity contribution is 0.0766. The Morgan fingerprint density at radius 3 is 2.30 bits per heavy atom. The first-order chi connectivity index (χ1) is 9.70. The van der Waals surface area contributed by atoms with E-state index in [1.54, 1.807) is 12.1 Å².